The fraction of sp³-hybridized carbons (Fsp3) is 0.167. The summed E-state index contributed by atoms with van der Waals surface area (Å²) in [6, 6.07) is 8.09. The van der Waals surface area contributed by atoms with Crippen LogP contribution >= 0.6 is 0 Å². The fourth-order valence-electron chi connectivity index (χ4n) is 1.56. The van der Waals surface area contributed by atoms with Crippen molar-refractivity contribution in [3.63, 3.8) is 0 Å². The van der Waals surface area contributed by atoms with Crippen LogP contribution in [0.25, 0.3) is 10.9 Å². The van der Waals surface area contributed by atoms with Gasteiger partial charge in [0.25, 0.3) is 5.92 Å². The molecule has 1 aromatic heterocycles. The Balaban J connectivity index is 2.45. The molecule has 0 fully saturated rings. The number of pyridine rings is 1. The molecule has 0 amide bonds. The number of halogens is 2. The molecule has 0 saturated heterocycles. The zero-order chi connectivity index (χ0) is 12.5. The van der Waals surface area contributed by atoms with Crippen LogP contribution in [0.15, 0.2) is 36.5 Å². The van der Waals surface area contributed by atoms with Crippen LogP contribution in [0.2, 0.25) is 0 Å². The molecular weight excluding hydrogens is 228 g/mol. The van der Waals surface area contributed by atoms with E-state index in [-0.39, 0.29) is 5.56 Å². The Labute approximate surface area is 95.7 Å². The minimum atomic E-state index is -3.40. The average Bonchev–Trinajstić information content (AvgIpc) is 2.26. The molecule has 0 saturated carbocycles. The molecule has 2 rings (SSSR count). The number of para-hydroxylation sites is 1. The monoisotopic (exact) mass is 237 g/mol. The lowest BCUT2D eigenvalue weighted by atomic mass is 10.1. The van der Waals surface area contributed by atoms with Gasteiger partial charge >= 0.3 is 5.97 Å². The number of hydrogen-bond acceptors (Lipinski definition) is 2. The molecule has 5 heteroatoms. The molecule has 2 aromatic rings. The van der Waals surface area contributed by atoms with Crippen LogP contribution in [0, 0.1) is 0 Å². The number of rotatable bonds is 3. The minimum Gasteiger partial charge on any atom is -0.481 e. The van der Waals surface area contributed by atoms with Crippen molar-refractivity contribution in [3.05, 3.63) is 42.1 Å². The number of carbonyl (C=O) groups is 1. The standard InChI is InChI=1S/C12H9F2NO2/c13-12(14,6-11(16)17)9-5-8-3-1-2-4-10(8)15-7-9/h1-5,7H,6H2,(H,16,17). The summed E-state index contributed by atoms with van der Waals surface area (Å²) >= 11 is 0. The van der Waals surface area contributed by atoms with Crippen LogP contribution in [0.3, 0.4) is 0 Å². The largest absolute Gasteiger partial charge is 0.481 e. The third kappa shape index (κ3) is 2.38. The molecule has 1 N–H and O–H groups in total. The normalized spacial score (nSPS) is 11.6. The van der Waals surface area contributed by atoms with E-state index in [9.17, 15) is 13.6 Å². The van der Waals surface area contributed by atoms with Crippen LogP contribution in [-0.4, -0.2) is 16.1 Å². The van der Waals surface area contributed by atoms with E-state index in [0.29, 0.717) is 10.9 Å². The molecule has 0 aliphatic carbocycles. The molecule has 3 nitrogen and oxygen atoms in total. The number of carboxylic acid groups (broad SMARTS) is 1. The van der Waals surface area contributed by atoms with Gasteiger partial charge in [-0.05, 0) is 12.1 Å². The average molecular weight is 237 g/mol. The highest BCUT2D eigenvalue weighted by atomic mass is 19.3. The van der Waals surface area contributed by atoms with Gasteiger partial charge in [-0.3, -0.25) is 9.78 Å². The lowest BCUT2D eigenvalue weighted by Crippen LogP contribution is -2.18. The van der Waals surface area contributed by atoms with Gasteiger partial charge < -0.3 is 5.11 Å². The van der Waals surface area contributed by atoms with Crippen molar-refractivity contribution in [2.24, 2.45) is 0 Å². The minimum absolute atomic E-state index is 0.376. The lowest BCUT2D eigenvalue weighted by Gasteiger charge is -2.14. The molecule has 0 bridgehead atoms. The first-order valence-corrected chi connectivity index (χ1v) is 4.94. The molecule has 1 heterocycles. The maximum absolute atomic E-state index is 13.5. The first-order chi connectivity index (χ1) is 7.99. The Morgan fingerprint density at radius 1 is 1.35 bits per heavy atom. The summed E-state index contributed by atoms with van der Waals surface area (Å²) in [5, 5.41) is 8.99. The first-order valence-electron chi connectivity index (χ1n) is 4.94. The maximum atomic E-state index is 13.5. The van der Waals surface area contributed by atoms with E-state index in [1.807, 2.05) is 0 Å². The number of hydrogen-bond donors (Lipinski definition) is 1. The van der Waals surface area contributed by atoms with Crippen molar-refractivity contribution in [1.82, 2.24) is 4.98 Å². The Morgan fingerprint density at radius 2 is 2.06 bits per heavy atom. The highest BCUT2D eigenvalue weighted by Crippen LogP contribution is 2.32. The van der Waals surface area contributed by atoms with Crippen LogP contribution in [-0.2, 0) is 10.7 Å². The SMILES string of the molecule is O=C(O)CC(F)(F)c1cnc2ccccc2c1. The fourth-order valence-corrected chi connectivity index (χ4v) is 1.56. The molecular formula is C12H9F2NO2. The van der Waals surface area contributed by atoms with E-state index in [1.165, 1.54) is 6.07 Å². The maximum Gasteiger partial charge on any atom is 0.309 e. The van der Waals surface area contributed by atoms with E-state index in [0.717, 1.165) is 6.20 Å². The van der Waals surface area contributed by atoms with Gasteiger partial charge in [-0.2, -0.15) is 0 Å². The van der Waals surface area contributed by atoms with Gasteiger partial charge in [0.1, 0.15) is 6.42 Å². The highest BCUT2D eigenvalue weighted by Gasteiger charge is 2.35. The number of nitrogens with zero attached hydrogens (tertiary/aromatic N) is 1. The van der Waals surface area contributed by atoms with Crippen molar-refractivity contribution in [1.29, 1.82) is 0 Å². The predicted octanol–water partition coefficient (Wildman–Crippen LogP) is 2.80. The second-order valence-electron chi connectivity index (χ2n) is 3.69. The van der Waals surface area contributed by atoms with E-state index in [4.69, 9.17) is 5.11 Å². The number of aromatic nitrogens is 1. The smallest absolute Gasteiger partial charge is 0.309 e. The Hall–Kier alpha value is -2.04. The molecule has 88 valence electrons. The van der Waals surface area contributed by atoms with Crippen LogP contribution in [0.1, 0.15) is 12.0 Å². The summed E-state index contributed by atoms with van der Waals surface area (Å²) in [7, 11) is 0. The van der Waals surface area contributed by atoms with Gasteiger partial charge in [0.05, 0.1) is 5.52 Å². The zero-order valence-corrected chi connectivity index (χ0v) is 8.73. The molecule has 0 radical (unpaired) electrons. The van der Waals surface area contributed by atoms with Crippen LogP contribution in [0.5, 0.6) is 0 Å². The molecule has 1 aromatic carbocycles. The van der Waals surface area contributed by atoms with Gasteiger partial charge in [0, 0.05) is 17.1 Å². The third-order valence-electron chi connectivity index (χ3n) is 2.39. The van der Waals surface area contributed by atoms with E-state index in [2.05, 4.69) is 4.98 Å². The van der Waals surface area contributed by atoms with Gasteiger partial charge in [0.2, 0.25) is 0 Å². The van der Waals surface area contributed by atoms with E-state index in [1.54, 1.807) is 24.3 Å². The molecule has 0 spiro atoms. The van der Waals surface area contributed by atoms with Crippen molar-refractivity contribution in [3.8, 4) is 0 Å². The predicted molar refractivity (Wildman–Crippen MR) is 57.9 cm³/mol. The van der Waals surface area contributed by atoms with E-state index >= 15 is 0 Å². The molecule has 0 aliphatic heterocycles. The quantitative estimate of drug-likeness (QED) is 0.892. The molecule has 0 atom stereocenters. The summed E-state index contributed by atoms with van der Waals surface area (Å²) in [6.07, 6.45) is -0.210. The highest BCUT2D eigenvalue weighted by molar-refractivity contribution is 5.79. The van der Waals surface area contributed by atoms with Gasteiger partial charge in [-0.25, -0.2) is 8.78 Å². The third-order valence-corrected chi connectivity index (χ3v) is 2.39. The number of carboxylic acids is 1. The van der Waals surface area contributed by atoms with Gasteiger partial charge in [0.15, 0.2) is 0 Å². The molecule has 17 heavy (non-hydrogen) atoms. The second kappa shape index (κ2) is 4.08. The lowest BCUT2D eigenvalue weighted by molar-refractivity contribution is -0.145. The number of fused-ring (bicyclic) bond motifs is 1. The van der Waals surface area contributed by atoms with Crippen molar-refractivity contribution in [2.75, 3.05) is 0 Å². The summed E-state index contributed by atoms with van der Waals surface area (Å²) in [5.74, 6) is -4.94. The van der Waals surface area contributed by atoms with Crippen molar-refractivity contribution >= 4 is 16.9 Å². The number of aliphatic carboxylic acids is 1. The Kier molecular flexibility index (Phi) is 2.75. The Bertz CT molecular complexity index is 569. The summed E-state index contributed by atoms with van der Waals surface area (Å²) < 4.78 is 27.0. The van der Waals surface area contributed by atoms with Gasteiger partial charge in [-0.15, -0.1) is 0 Å². The molecule has 0 aliphatic rings. The van der Waals surface area contributed by atoms with E-state index < -0.39 is 18.3 Å². The zero-order valence-electron chi connectivity index (χ0n) is 8.73. The van der Waals surface area contributed by atoms with Crippen molar-refractivity contribution in [2.45, 2.75) is 12.3 Å². The van der Waals surface area contributed by atoms with Crippen molar-refractivity contribution < 1.29 is 18.7 Å². The number of alkyl halides is 2. The second-order valence-corrected chi connectivity index (χ2v) is 3.69. The number of benzene rings is 1. The van der Waals surface area contributed by atoms with Crippen LogP contribution < -0.4 is 0 Å². The topological polar surface area (TPSA) is 50.2 Å². The summed E-state index contributed by atoms with van der Waals surface area (Å²) in [4.78, 5) is 14.2. The van der Waals surface area contributed by atoms with Crippen LogP contribution in [0.4, 0.5) is 8.78 Å². The summed E-state index contributed by atoms with van der Waals surface area (Å²) in [5.41, 5.74) is 0.223. The summed E-state index contributed by atoms with van der Waals surface area (Å²) in [6.45, 7) is 0. The Morgan fingerprint density at radius 3 is 2.76 bits per heavy atom. The molecule has 0 unspecified atom stereocenters. The van der Waals surface area contributed by atoms with Gasteiger partial charge in [-0.1, -0.05) is 18.2 Å². The first kappa shape index (κ1) is 11.4.